The lowest BCUT2D eigenvalue weighted by atomic mass is 10.9. The van der Waals surface area contributed by atoms with Gasteiger partial charge >= 0.3 is 15.4 Å². The third kappa shape index (κ3) is 11.7. The summed E-state index contributed by atoms with van der Waals surface area (Å²) >= 11 is 12.6. The molecule has 0 aromatic heterocycles. The van der Waals surface area contributed by atoms with E-state index in [2.05, 4.69) is 63.7 Å². The van der Waals surface area contributed by atoms with Crippen LogP contribution in [0.25, 0.3) is 0 Å². The molecule has 0 unspecified atom stereocenters. The van der Waals surface area contributed by atoms with Crippen LogP contribution in [-0.2, 0) is 31.7 Å². The Morgan fingerprint density at radius 2 is 0.955 bits per heavy atom. The Hall–Kier alpha value is 2.18. The van der Waals surface area contributed by atoms with Crippen molar-refractivity contribution in [1.82, 2.24) is 0 Å². The molecule has 134 valence electrons. The number of halogens is 4. The van der Waals surface area contributed by atoms with Crippen molar-refractivity contribution in [3.63, 3.8) is 0 Å². The molecule has 7 nitrogen and oxygen atoms in total. The Morgan fingerprint density at radius 3 is 1.32 bits per heavy atom. The van der Waals surface area contributed by atoms with Crippen molar-refractivity contribution in [3.8, 4) is 0 Å². The zero-order valence-corrected chi connectivity index (χ0v) is 19.8. The molecule has 0 aromatic carbocycles. The van der Waals surface area contributed by atoms with E-state index in [1.807, 2.05) is 0 Å². The molecule has 0 atom stereocenters. The van der Waals surface area contributed by atoms with Gasteiger partial charge in [0.2, 0.25) is 0 Å². The molecule has 0 aliphatic heterocycles. The zero-order valence-electron chi connectivity index (χ0n) is 11.6. The van der Waals surface area contributed by atoms with E-state index >= 15 is 0 Å². The average molecular weight is 620 g/mol. The minimum Gasteiger partial charge on any atom is -0.306 e. The molecule has 0 aliphatic rings. The first-order chi connectivity index (χ1) is 10.4. The molecule has 0 rings (SSSR count). The van der Waals surface area contributed by atoms with Crippen LogP contribution in [0.3, 0.4) is 0 Å². The maximum atomic E-state index is 12.5. The summed E-state index contributed by atoms with van der Waals surface area (Å²) in [6.07, 6.45) is -0.519. The monoisotopic (exact) mass is 616 g/mol. The minimum atomic E-state index is -3.83. The number of rotatable bonds is 15. The van der Waals surface area contributed by atoms with Crippen molar-refractivity contribution < 1.29 is 31.7 Å². The highest BCUT2D eigenvalue weighted by atomic mass is 79.9. The van der Waals surface area contributed by atoms with Gasteiger partial charge in [0.15, 0.2) is 6.35 Å². The molecule has 0 fully saturated rings. The van der Waals surface area contributed by atoms with Gasteiger partial charge in [0.05, 0.1) is 26.4 Å². The third-order valence-electron chi connectivity index (χ3n) is 1.76. The molecule has 0 saturated carbocycles. The molecule has 0 aliphatic carbocycles. The fraction of sp³-hybridized carbons (Fsp3) is 1.00. The van der Waals surface area contributed by atoms with Gasteiger partial charge in [0.25, 0.3) is 0 Å². The lowest BCUT2D eigenvalue weighted by Crippen LogP contribution is -2.09. The molecule has 0 amide bonds. The molecule has 22 heavy (non-hydrogen) atoms. The van der Waals surface area contributed by atoms with Crippen molar-refractivity contribution in [2.75, 3.05) is 54.1 Å². The van der Waals surface area contributed by atoms with E-state index in [-0.39, 0.29) is 26.4 Å². The largest absolute Gasteiger partial charge is 0.475 e. The van der Waals surface area contributed by atoms with Crippen LogP contribution in [0.1, 0.15) is 0 Å². The lowest BCUT2D eigenvalue weighted by Gasteiger charge is -2.21. The van der Waals surface area contributed by atoms with Gasteiger partial charge in [-0.15, -0.1) is 0 Å². The molecule has 0 saturated heterocycles. The van der Waals surface area contributed by atoms with Crippen molar-refractivity contribution in [1.29, 1.82) is 0 Å². The number of hydrogen-bond donors (Lipinski definition) is 0. The van der Waals surface area contributed by atoms with Crippen LogP contribution < -0.4 is 0 Å². The van der Waals surface area contributed by atoms with Gasteiger partial charge in [0.1, 0.15) is 0 Å². The number of alkyl halides is 4. The molecule has 0 heterocycles. The van der Waals surface area contributed by atoms with E-state index in [0.717, 1.165) is 0 Å². The number of phosphoric ester groups is 1. The number of hydrogen-bond acceptors (Lipinski definition) is 7. The second kappa shape index (κ2) is 14.4. The Balaban J connectivity index is 4.70. The average Bonchev–Trinajstić information content (AvgIpc) is 2.53. The summed E-state index contributed by atoms with van der Waals surface area (Å²) < 4.78 is 50.5. The maximum absolute atomic E-state index is 12.5. The van der Waals surface area contributed by atoms with E-state index in [0.29, 0.717) is 21.3 Å². The Labute approximate surface area is 164 Å². The van der Waals surface area contributed by atoms with Crippen molar-refractivity contribution in [2.24, 2.45) is 0 Å². The molecule has 0 radical (unpaired) electrons. The van der Waals surface area contributed by atoms with E-state index in [1.165, 1.54) is 0 Å². The zero-order chi connectivity index (χ0) is 16.9. The Kier molecular flexibility index (Phi) is 15.8. The van der Waals surface area contributed by atoms with Gasteiger partial charge in [0, 0.05) is 21.3 Å². The SMILES string of the molecule is O=P(COP(=O)(OCCBr)OCCBr)(OCCBr)OCCBr. The van der Waals surface area contributed by atoms with Crippen molar-refractivity contribution >= 4 is 79.1 Å². The Morgan fingerprint density at radius 1 is 0.591 bits per heavy atom. The number of phosphoric acid groups is 1. The topological polar surface area (TPSA) is 80.3 Å². The van der Waals surface area contributed by atoms with Crippen LogP contribution in [0.2, 0.25) is 0 Å². The highest BCUT2D eigenvalue weighted by molar-refractivity contribution is 9.09. The summed E-state index contributed by atoms with van der Waals surface area (Å²) in [7, 11) is -7.38. The second-order valence-electron chi connectivity index (χ2n) is 3.41. The van der Waals surface area contributed by atoms with E-state index in [9.17, 15) is 9.13 Å². The fourth-order valence-corrected chi connectivity index (χ4v) is 5.60. The summed E-state index contributed by atoms with van der Waals surface area (Å²) in [6.45, 7) is 0.568. The van der Waals surface area contributed by atoms with Crippen LogP contribution in [-0.4, -0.2) is 54.1 Å². The highest BCUT2D eigenvalue weighted by Crippen LogP contribution is 2.56. The van der Waals surface area contributed by atoms with Crippen LogP contribution in [0.4, 0.5) is 0 Å². The first-order valence-electron chi connectivity index (χ1n) is 6.11. The van der Waals surface area contributed by atoms with Gasteiger partial charge in [-0.1, -0.05) is 63.7 Å². The van der Waals surface area contributed by atoms with Crippen molar-refractivity contribution in [2.45, 2.75) is 0 Å². The van der Waals surface area contributed by atoms with Crippen molar-refractivity contribution in [3.05, 3.63) is 0 Å². The van der Waals surface area contributed by atoms with E-state index in [1.54, 1.807) is 0 Å². The molecule has 13 heteroatoms. The predicted molar refractivity (Wildman–Crippen MR) is 100 cm³/mol. The molecular formula is C9H18Br4O7P2. The second-order valence-corrected chi connectivity index (χ2v) is 10.2. The Bertz CT molecular complexity index is 316. The lowest BCUT2D eigenvalue weighted by molar-refractivity contribution is 0.124. The van der Waals surface area contributed by atoms with Gasteiger partial charge in [-0.2, -0.15) is 0 Å². The van der Waals surface area contributed by atoms with Gasteiger partial charge in [-0.3, -0.25) is 18.1 Å². The first kappa shape index (κ1) is 24.2. The molecule has 0 spiro atoms. The molecule has 0 bridgehead atoms. The standard InChI is InChI=1S/C9H18Br4O7P2/c10-1-5-16-21(14,17-6-2-11)9-20-22(15,18-7-3-12)19-8-4-13/h1-9H2. The minimum absolute atomic E-state index is 0.119. The smallest absolute Gasteiger partial charge is 0.306 e. The van der Waals surface area contributed by atoms with Crippen LogP contribution in [0.15, 0.2) is 0 Å². The quantitative estimate of drug-likeness (QED) is 0.190. The maximum Gasteiger partial charge on any atom is 0.475 e. The third-order valence-corrected chi connectivity index (χ3v) is 6.30. The molecular weight excluding hydrogens is 602 g/mol. The first-order valence-corrected chi connectivity index (χ1v) is 13.8. The van der Waals surface area contributed by atoms with E-state index < -0.39 is 21.8 Å². The van der Waals surface area contributed by atoms with Crippen LogP contribution in [0.5, 0.6) is 0 Å². The summed E-state index contributed by atoms with van der Waals surface area (Å²) in [4.78, 5) is 0. The summed E-state index contributed by atoms with van der Waals surface area (Å²) in [5, 5.41) is 1.87. The fourth-order valence-electron chi connectivity index (χ4n) is 1.00. The highest BCUT2D eigenvalue weighted by Gasteiger charge is 2.33. The predicted octanol–water partition coefficient (Wildman–Crippen LogP) is 4.91. The summed E-state index contributed by atoms with van der Waals surface area (Å²) in [6, 6.07) is 0. The summed E-state index contributed by atoms with van der Waals surface area (Å²) in [5.74, 6) is 0. The molecule has 0 N–H and O–H groups in total. The normalized spacial score (nSPS) is 12.7. The van der Waals surface area contributed by atoms with Gasteiger partial charge in [-0.05, 0) is 0 Å². The molecule has 0 aromatic rings. The van der Waals surface area contributed by atoms with E-state index in [4.69, 9.17) is 22.6 Å². The van der Waals surface area contributed by atoms with Gasteiger partial charge in [-0.25, -0.2) is 4.57 Å². The summed E-state index contributed by atoms with van der Waals surface area (Å²) in [5.41, 5.74) is 0. The van der Waals surface area contributed by atoms with Crippen LogP contribution >= 0.6 is 79.1 Å². The van der Waals surface area contributed by atoms with Gasteiger partial charge < -0.3 is 9.05 Å². The van der Waals surface area contributed by atoms with Crippen LogP contribution in [0, 0.1) is 0 Å².